The summed E-state index contributed by atoms with van der Waals surface area (Å²) < 4.78 is 35.4. The summed E-state index contributed by atoms with van der Waals surface area (Å²) in [4.78, 5) is 31.7. The van der Waals surface area contributed by atoms with Crippen molar-refractivity contribution in [3.05, 3.63) is 0 Å². The second kappa shape index (κ2) is 6.60. The van der Waals surface area contributed by atoms with E-state index in [0.29, 0.717) is 11.5 Å². The summed E-state index contributed by atoms with van der Waals surface area (Å²) in [7, 11) is -3.03. The molecule has 3 fully saturated rings. The van der Waals surface area contributed by atoms with E-state index < -0.39 is 39.8 Å². The molecule has 3 N–H and O–H groups in total. The Morgan fingerprint density at radius 1 is 1.35 bits per heavy atom. The van der Waals surface area contributed by atoms with Gasteiger partial charge in [0.15, 0.2) is 0 Å². The Labute approximate surface area is 151 Å². The zero-order chi connectivity index (χ0) is 19.3. The van der Waals surface area contributed by atoms with Crippen molar-refractivity contribution in [3.63, 3.8) is 0 Å². The van der Waals surface area contributed by atoms with Crippen molar-refractivity contribution in [2.45, 2.75) is 57.3 Å². The van der Waals surface area contributed by atoms with Crippen molar-refractivity contribution < 1.29 is 31.7 Å². The maximum Gasteiger partial charge on any atom is 0.418 e. The molecular formula is C14H24N4O7S. The molecule has 148 valence electrons. The molecule has 2 saturated heterocycles. The number of hydrogen-bond donors (Lipinski definition) is 3. The average molecular weight is 392 g/mol. The fourth-order valence-corrected chi connectivity index (χ4v) is 4.10. The molecule has 2 heterocycles. The van der Waals surface area contributed by atoms with E-state index in [1.54, 1.807) is 13.8 Å². The Hall–Kier alpha value is -1.47. The first-order valence-electron chi connectivity index (χ1n) is 8.43. The smallest absolute Gasteiger partial charge is 0.314 e. The standard InChI is InChI=1S/C14H24N4O7S/c1-14(2)6-9(12(19)16-24-10-5-4-8(10)15-3)17-7-11(14)18(13(17)20)25-26(21,22)23/h8-11,15H,4-7H2,1-3H3,(H,16,19)(H,21,22,23). The Morgan fingerprint density at radius 3 is 2.58 bits per heavy atom. The van der Waals surface area contributed by atoms with Crippen LogP contribution in [0.1, 0.15) is 33.1 Å². The SMILES string of the molecule is CNC1CCC1ONC(=O)C1CC(C)(C)C2CN1C(=O)N2OS(=O)(=O)O. The molecule has 0 aromatic heterocycles. The van der Waals surface area contributed by atoms with Gasteiger partial charge in [0.1, 0.15) is 12.1 Å². The van der Waals surface area contributed by atoms with E-state index in [0.717, 1.165) is 12.8 Å². The summed E-state index contributed by atoms with van der Waals surface area (Å²) in [5.41, 5.74) is 1.81. The number of fused-ring (bicyclic) bond motifs is 2. The predicted octanol–water partition coefficient (Wildman–Crippen LogP) is -0.576. The Kier molecular flexibility index (Phi) is 4.90. The molecule has 0 aromatic rings. The molecule has 1 saturated carbocycles. The van der Waals surface area contributed by atoms with E-state index in [1.165, 1.54) is 4.90 Å². The molecule has 4 unspecified atom stereocenters. The fraction of sp³-hybridized carbons (Fsp3) is 0.857. The van der Waals surface area contributed by atoms with Gasteiger partial charge in [-0.15, -0.1) is 4.28 Å². The molecule has 3 rings (SSSR count). The van der Waals surface area contributed by atoms with Crippen LogP contribution >= 0.6 is 0 Å². The Bertz CT molecular complexity index is 695. The van der Waals surface area contributed by atoms with Crippen LogP contribution in [-0.2, 0) is 24.3 Å². The zero-order valence-electron chi connectivity index (χ0n) is 14.8. The molecule has 3 aliphatic rings. The lowest BCUT2D eigenvalue weighted by Crippen LogP contribution is -2.56. The van der Waals surface area contributed by atoms with Gasteiger partial charge in [0, 0.05) is 12.6 Å². The molecule has 2 bridgehead atoms. The molecule has 11 nitrogen and oxygen atoms in total. The van der Waals surface area contributed by atoms with Crippen LogP contribution in [-0.4, -0.2) is 72.7 Å². The van der Waals surface area contributed by atoms with Crippen molar-refractivity contribution >= 4 is 22.3 Å². The zero-order valence-corrected chi connectivity index (χ0v) is 15.7. The number of hydroxylamine groups is 3. The Balaban J connectivity index is 1.70. The highest BCUT2D eigenvalue weighted by atomic mass is 32.3. The van der Waals surface area contributed by atoms with E-state index in [2.05, 4.69) is 15.1 Å². The van der Waals surface area contributed by atoms with Crippen molar-refractivity contribution in [3.8, 4) is 0 Å². The lowest BCUT2D eigenvalue weighted by molar-refractivity contribution is -0.152. The summed E-state index contributed by atoms with van der Waals surface area (Å²) in [6.45, 7) is 3.72. The number of piperidine rings is 1. The number of carbonyl (C=O) groups excluding carboxylic acids is 2. The first-order valence-corrected chi connectivity index (χ1v) is 9.79. The molecule has 1 aliphatic carbocycles. The van der Waals surface area contributed by atoms with Gasteiger partial charge in [0.2, 0.25) is 0 Å². The molecule has 2 aliphatic heterocycles. The number of rotatable bonds is 6. The highest BCUT2D eigenvalue weighted by Crippen LogP contribution is 2.42. The van der Waals surface area contributed by atoms with Crippen molar-refractivity contribution in [2.24, 2.45) is 5.41 Å². The normalized spacial score (nSPS) is 33.2. The van der Waals surface area contributed by atoms with Gasteiger partial charge in [0.05, 0.1) is 6.04 Å². The van der Waals surface area contributed by atoms with E-state index in [9.17, 15) is 18.0 Å². The number of carbonyl (C=O) groups is 2. The third-order valence-corrected chi connectivity index (χ3v) is 5.80. The summed E-state index contributed by atoms with van der Waals surface area (Å²) in [5.74, 6) is -0.472. The highest BCUT2D eigenvalue weighted by Gasteiger charge is 2.57. The molecule has 12 heteroatoms. The molecule has 0 radical (unpaired) electrons. The van der Waals surface area contributed by atoms with Gasteiger partial charge < -0.3 is 10.2 Å². The van der Waals surface area contributed by atoms with Crippen LogP contribution in [0.5, 0.6) is 0 Å². The fourth-order valence-electron chi connectivity index (χ4n) is 3.73. The largest absolute Gasteiger partial charge is 0.418 e. The van der Waals surface area contributed by atoms with E-state index in [-0.39, 0.29) is 18.7 Å². The van der Waals surface area contributed by atoms with Gasteiger partial charge in [-0.2, -0.15) is 13.5 Å². The maximum absolute atomic E-state index is 12.6. The molecule has 4 atom stereocenters. The van der Waals surface area contributed by atoms with Crippen LogP contribution in [0.15, 0.2) is 0 Å². The van der Waals surface area contributed by atoms with Crippen LogP contribution in [0.25, 0.3) is 0 Å². The number of hydrogen-bond acceptors (Lipinski definition) is 7. The number of nitrogens with one attached hydrogen (secondary N) is 2. The van der Waals surface area contributed by atoms with Crippen LogP contribution in [0.4, 0.5) is 4.79 Å². The summed E-state index contributed by atoms with van der Waals surface area (Å²) in [5, 5.41) is 3.72. The molecule has 3 amide bonds. The predicted molar refractivity (Wildman–Crippen MR) is 87.6 cm³/mol. The molecule has 26 heavy (non-hydrogen) atoms. The summed E-state index contributed by atoms with van der Waals surface area (Å²) in [6.07, 6.45) is 1.95. The lowest BCUT2D eigenvalue weighted by atomic mass is 9.76. The highest BCUT2D eigenvalue weighted by molar-refractivity contribution is 7.80. The van der Waals surface area contributed by atoms with Gasteiger partial charge in [-0.1, -0.05) is 13.8 Å². The second-order valence-corrected chi connectivity index (χ2v) is 8.59. The van der Waals surface area contributed by atoms with Crippen LogP contribution in [0.3, 0.4) is 0 Å². The van der Waals surface area contributed by atoms with Gasteiger partial charge in [0.25, 0.3) is 5.91 Å². The van der Waals surface area contributed by atoms with Crippen molar-refractivity contribution in [1.82, 2.24) is 20.8 Å². The first kappa shape index (κ1) is 19.3. The minimum Gasteiger partial charge on any atom is -0.314 e. The van der Waals surface area contributed by atoms with E-state index in [1.807, 2.05) is 7.05 Å². The third-order valence-electron chi connectivity index (χ3n) is 5.45. The number of likely N-dealkylation sites (N-methyl/N-ethyl adjacent to an activating group) is 1. The monoisotopic (exact) mass is 392 g/mol. The molecular weight excluding hydrogens is 368 g/mol. The number of amides is 3. The average Bonchev–Trinajstić information content (AvgIpc) is 2.77. The number of nitrogens with zero attached hydrogens (tertiary/aromatic N) is 2. The van der Waals surface area contributed by atoms with Crippen LogP contribution < -0.4 is 10.8 Å². The third kappa shape index (κ3) is 3.51. The maximum atomic E-state index is 12.6. The minimum absolute atomic E-state index is 0.113. The summed E-state index contributed by atoms with van der Waals surface area (Å²) in [6, 6.07) is -2.04. The Morgan fingerprint density at radius 2 is 2.04 bits per heavy atom. The second-order valence-electron chi connectivity index (χ2n) is 7.58. The van der Waals surface area contributed by atoms with Gasteiger partial charge >= 0.3 is 16.4 Å². The van der Waals surface area contributed by atoms with Gasteiger partial charge in [-0.25, -0.2) is 10.3 Å². The van der Waals surface area contributed by atoms with Crippen LogP contribution in [0, 0.1) is 5.41 Å². The van der Waals surface area contributed by atoms with Crippen molar-refractivity contribution in [2.75, 3.05) is 13.6 Å². The van der Waals surface area contributed by atoms with Gasteiger partial charge in [-0.05, 0) is 31.7 Å². The van der Waals surface area contributed by atoms with E-state index in [4.69, 9.17) is 9.39 Å². The number of urea groups is 1. The minimum atomic E-state index is -4.85. The molecule has 0 aromatic carbocycles. The van der Waals surface area contributed by atoms with E-state index >= 15 is 0 Å². The summed E-state index contributed by atoms with van der Waals surface area (Å²) >= 11 is 0. The van der Waals surface area contributed by atoms with Crippen molar-refractivity contribution in [1.29, 1.82) is 0 Å². The first-order chi connectivity index (χ1) is 12.0. The van der Waals surface area contributed by atoms with Gasteiger partial charge in [-0.3, -0.25) is 14.2 Å². The van der Waals surface area contributed by atoms with Crippen LogP contribution in [0.2, 0.25) is 0 Å². The topological polar surface area (TPSA) is 138 Å². The lowest BCUT2D eigenvalue weighted by Gasteiger charge is -2.41. The quantitative estimate of drug-likeness (QED) is 0.403. The molecule has 0 spiro atoms.